The summed E-state index contributed by atoms with van der Waals surface area (Å²) in [5, 5.41) is 5.76. The Labute approximate surface area is 207 Å². The van der Waals surface area contributed by atoms with E-state index in [2.05, 4.69) is 45.5 Å². The quantitative estimate of drug-likeness (QED) is 0.300. The Morgan fingerprint density at radius 1 is 0.972 bits per heavy atom. The number of ether oxygens (including phenoxy) is 1. The molecule has 0 aliphatic carbocycles. The number of hydrogen-bond acceptors (Lipinski definition) is 9. The second-order valence-corrected chi connectivity index (χ2v) is 7.39. The molecule has 11 nitrogen and oxygen atoms in total. The third kappa shape index (κ3) is 5.41. The van der Waals surface area contributed by atoms with Crippen molar-refractivity contribution < 1.29 is 9.53 Å². The molecule has 4 aromatic heterocycles. The van der Waals surface area contributed by atoms with Crippen LogP contribution < -0.4 is 10.6 Å². The van der Waals surface area contributed by atoms with Gasteiger partial charge in [-0.1, -0.05) is 13.5 Å². The summed E-state index contributed by atoms with van der Waals surface area (Å²) in [6, 6.07) is 11.3. The van der Waals surface area contributed by atoms with Crippen LogP contribution in [0.3, 0.4) is 0 Å². The Morgan fingerprint density at radius 3 is 2.47 bits per heavy atom. The molecule has 1 amide bonds. The molecule has 0 spiro atoms. The van der Waals surface area contributed by atoms with Crippen LogP contribution in [0.4, 0.5) is 16.7 Å². The smallest absolute Gasteiger partial charge is 0.413 e. The molecule has 0 aliphatic heterocycles. The minimum Gasteiger partial charge on any atom is -0.450 e. The molecule has 4 heterocycles. The highest BCUT2D eigenvalue weighted by Crippen LogP contribution is 2.32. The van der Waals surface area contributed by atoms with Crippen molar-refractivity contribution in [3.8, 4) is 22.5 Å². The topological polar surface area (TPSA) is 143 Å². The Hall–Kier alpha value is -4.93. The van der Waals surface area contributed by atoms with Crippen molar-refractivity contribution in [1.29, 1.82) is 0 Å². The van der Waals surface area contributed by atoms with Crippen molar-refractivity contribution in [1.82, 2.24) is 34.9 Å². The number of pyridine rings is 1. The number of carbonyl (C=O) groups excluding carboxylic acids is 1. The van der Waals surface area contributed by atoms with Crippen LogP contribution in [0.5, 0.6) is 0 Å². The van der Waals surface area contributed by atoms with Crippen molar-refractivity contribution in [2.75, 3.05) is 17.2 Å². The molecule has 36 heavy (non-hydrogen) atoms. The van der Waals surface area contributed by atoms with Crippen molar-refractivity contribution in [2.24, 2.45) is 0 Å². The number of benzene rings is 1. The zero-order chi connectivity index (χ0) is 24.0. The molecule has 5 aromatic rings. The third-order valence-corrected chi connectivity index (χ3v) is 5.03. The number of aromatic amines is 1. The maximum Gasteiger partial charge on any atom is 0.413 e. The number of hydrogen-bond donors (Lipinski definition) is 3. The van der Waals surface area contributed by atoms with Gasteiger partial charge in [0.25, 0.3) is 0 Å². The molecule has 5 rings (SSSR count). The first-order valence-corrected chi connectivity index (χ1v) is 10.9. The summed E-state index contributed by atoms with van der Waals surface area (Å²) in [5.41, 5.74) is 4.52. The first-order chi connectivity index (χ1) is 17.2. The van der Waals surface area contributed by atoms with Gasteiger partial charge in [-0.3, -0.25) is 10.3 Å². The monoisotopic (exact) mass is 483 g/mol. The van der Waals surface area contributed by atoms with Crippen molar-refractivity contribution >= 4 is 29.0 Å². The van der Waals surface area contributed by atoms with Gasteiger partial charge in [-0.15, -0.1) is 0 Å². The predicted octanol–water partition coefficient (Wildman–Crippen LogP) is 4.69. The summed E-state index contributed by atoms with van der Waals surface area (Å²) in [5.74, 6) is 1.26. The maximum atomic E-state index is 11.9. The maximum absolute atomic E-state index is 11.9. The summed E-state index contributed by atoms with van der Waals surface area (Å²) in [7, 11) is 0. The number of rotatable bonds is 7. The van der Waals surface area contributed by atoms with Crippen molar-refractivity contribution in [3.05, 3.63) is 73.1 Å². The second kappa shape index (κ2) is 11.0. The van der Waals surface area contributed by atoms with E-state index in [1.54, 1.807) is 44.0 Å². The zero-order valence-electron chi connectivity index (χ0n) is 18.8. The number of carbonyl (C=O) groups is 1. The van der Waals surface area contributed by atoms with E-state index in [1.165, 1.54) is 0 Å². The van der Waals surface area contributed by atoms with Gasteiger partial charge in [0, 0.05) is 42.1 Å². The number of anilines is 2. The van der Waals surface area contributed by atoms with E-state index in [0.29, 0.717) is 34.9 Å². The Balaban J connectivity index is 0.00000304. The van der Waals surface area contributed by atoms with Crippen LogP contribution in [0, 0.1) is 0 Å². The summed E-state index contributed by atoms with van der Waals surface area (Å²) < 4.78 is 4.95. The van der Waals surface area contributed by atoms with Gasteiger partial charge in [-0.05, 0) is 42.8 Å². The van der Waals surface area contributed by atoms with Gasteiger partial charge in [-0.25, -0.2) is 29.7 Å². The lowest BCUT2D eigenvalue weighted by Gasteiger charge is -2.08. The Bertz CT molecular complexity index is 1440. The number of H-pyrrole nitrogens is 1. The first-order valence-electron chi connectivity index (χ1n) is 10.9. The number of aromatic nitrogens is 7. The molecule has 0 radical (unpaired) electrons. The van der Waals surface area contributed by atoms with Crippen LogP contribution in [0.2, 0.25) is 0 Å². The molecule has 0 unspecified atom stereocenters. The molecule has 0 atom stereocenters. The number of imidazole rings is 1. The predicted molar refractivity (Wildman–Crippen MR) is 137 cm³/mol. The van der Waals surface area contributed by atoms with Gasteiger partial charge < -0.3 is 15.0 Å². The molecule has 182 valence electrons. The van der Waals surface area contributed by atoms with Crippen LogP contribution >= 0.6 is 0 Å². The molecule has 0 fully saturated rings. The summed E-state index contributed by atoms with van der Waals surface area (Å²) >= 11 is 0. The fourth-order valence-corrected chi connectivity index (χ4v) is 3.46. The first kappa shape index (κ1) is 24.2. The minimum absolute atomic E-state index is 0. The molecule has 11 heteroatoms. The van der Waals surface area contributed by atoms with Crippen molar-refractivity contribution in [3.63, 3.8) is 0 Å². The van der Waals surface area contributed by atoms with Crippen LogP contribution in [-0.4, -0.2) is 47.6 Å². The minimum atomic E-state index is -0.591. The molecule has 0 saturated heterocycles. The number of fused-ring (bicyclic) bond motifs is 1. The van der Waals surface area contributed by atoms with Crippen LogP contribution in [0.25, 0.3) is 33.5 Å². The summed E-state index contributed by atoms with van der Waals surface area (Å²) in [6.07, 6.45) is 7.95. The zero-order valence-corrected chi connectivity index (χ0v) is 18.8. The number of amides is 1. The Morgan fingerprint density at radius 2 is 1.75 bits per heavy atom. The largest absolute Gasteiger partial charge is 0.450 e. The van der Waals surface area contributed by atoms with E-state index in [1.807, 2.05) is 30.3 Å². The summed E-state index contributed by atoms with van der Waals surface area (Å²) in [6.45, 7) is 2.51. The average molecular weight is 484 g/mol. The van der Waals surface area contributed by atoms with E-state index >= 15 is 0 Å². The van der Waals surface area contributed by atoms with Crippen LogP contribution in [0.15, 0.2) is 67.4 Å². The highest BCUT2D eigenvalue weighted by Gasteiger charge is 2.16. The van der Waals surface area contributed by atoms with Gasteiger partial charge >= 0.3 is 6.09 Å². The van der Waals surface area contributed by atoms with Gasteiger partial charge in [0.05, 0.1) is 24.4 Å². The highest BCUT2D eigenvalue weighted by molar-refractivity contribution is 5.96. The Kier molecular flexibility index (Phi) is 7.39. The molecule has 0 bridgehead atoms. The van der Waals surface area contributed by atoms with E-state index in [0.717, 1.165) is 16.8 Å². The van der Waals surface area contributed by atoms with Crippen LogP contribution in [-0.2, 0) is 11.3 Å². The fraction of sp³-hybridized carbons (Fsp3) is 0.160. The lowest BCUT2D eigenvalue weighted by atomic mass is 10.0. The van der Waals surface area contributed by atoms with Gasteiger partial charge in [-0.2, -0.15) is 0 Å². The van der Waals surface area contributed by atoms with Gasteiger partial charge in [0.15, 0.2) is 5.82 Å². The van der Waals surface area contributed by atoms with E-state index in [-0.39, 0.29) is 20.0 Å². The van der Waals surface area contributed by atoms with E-state index < -0.39 is 6.09 Å². The highest BCUT2D eigenvalue weighted by atomic mass is 16.5. The molecule has 0 saturated carbocycles. The van der Waals surface area contributed by atoms with E-state index in [4.69, 9.17) is 4.74 Å². The van der Waals surface area contributed by atoms with Crippen molar-refractivity contribution in [2.45, 2.75) is 20.9 Å². The van der Waals surface area contributed by atoms with Gasteiger partial charge in [0.2, 0.25) is 11.9 Å². The molecule has 0 aliphatic rings. The normalized spacial score (nSPS) is 10.5. The number of nitrogens with one attached hydrogen (secondary N) is 3. The molecule has 3 N–H and O–H groups in total. The lowest BCUT2D eigenvalue weighted by Crippen LogP contribution is -2.14. The van der Waals surface area contributed by atoms with E-state index in [9.17, 15) is 4.79 Å². The number of nitrogens with zero attached hydrogens (tertiary/aromatic N) is 6. The molecular formula is C25H25N9O2. The molecule has 1 aromatic carbocycles. The SMILES string of the molecule is C.CCOC(=O)Nc1nc2c(-c3ncccn3)cc(-c3cnc(NCc4ccccn4)nc3)cc2[nH]1. The lowest BCUT2D eigenvalue weighted by molar-refractivity contribution is 0.167. The third-order valence-electron chi connectivity index (χ3n) is 5.03. The van der Waals surface area contributed by atoms with Crippen LogP contribution in [0.1, 0.15) is 20.0 Å². The standard InChI is InChI=1S/C24H21N9O2.CH4/c1-2-35-24(34)33-23-31-19-11-15(10-18(20(19)32-23)21-26-8-5-9-27-21)16-12-28-22(29-13-16)30-14-17-6-3-4-7-25-17;/h3-13H,2,14H2,1H3,(H,28,29,30)(H2,31,32,33,34);1H4. The molecular weight excluding hydrogens is 458 g/mol. The van der Waals surface area contributed by atoms with Gasteiger partial charge in [0.1, 0.15) is 5.52 Å². The fourth-order valence-electron chi connectivity index (χ4n) is 3.46. The average Bonchev–Trinajstić information content (AvgIpc) is 3.30. The summed E-state index contributed by atoms with van der Waals surface area (Å²) in [4.78, 5) is 41.4. The second-order valence-electron chi connectivity index (χ2n) is 7.39.